The van der Waals surface area contributed by atoms with Crippen LogP contribution in [0.2, 0.25) is 0 Å². The second kappa shape index (κ2) is 4.28. The highest BCUT2D eigenvalue weighted by Gasteiger charge is 2.29. The molecule has 4 nitrogen and oxygen atoms in total. The van der Waals surface area contributed by atoms with Crippen LogP contribution in [-0.2, 0) is 4.79 Å². The fraction of sp³-hybridized carbons (Fsp3) is 0.900. The average molecular weight is 197 g/mol. The molecule has 0 aromatic rings. The lowest BCUT2D eigenvalue weighted by atomic mass is 9.93. The zero-order valence-electron chi connectivity index (χ0n) is 8.68. The van der Waals surface area contributed by atoms with Crippen LogP contribution in [-0.4, -0.2) is 38.1 Å². The van der Waals surface area contributed by atoms with E-state index in [1.807, 2.05) is 0 Å². The van der Waals surface area contributed by atoms with Gasteiger partial charge >= 0.3 is 0 Å². The molecule has 2 fully saturated rings. The Morgan fingerprint density at radius 2 is 2.07 bits per heavy atom. The number of amides is 1. The number of nitrogens with one attached hydrogen (secondary N) is 3. The third kappa shape index (κ3) is 2.07. The number of carbonyl (C=O) groups is 1. The minimum absolute atomic E-state index is 0.220. The Hall–Kier alpha value is -0.610. The Kier molecular flexibility index (Phi) is 3.03. The minimum Gasteiger partial charge on any atom is -0.353 e. The van der Waals surface area contributed by atoms with Gasteiger partial charge in [0.2, 0.25) is 5.91 Å². The van der Waals surface area contributed by atoms with Crippen molar-refractivity contribution in [3.63, 3.8) is 0 Å². The zero-order chi connectivity index (χ0) is 9.97. The molecule has 0 aromatic heterocycles. The predicted molar refractivity (Wildman–Crippen MR) is 54.9 cm³/mol. The molecule has 2 atom stereocenters. The Bertz CT molecular complexity index is 215. The van der Waals surface area contributed by atoms with Gasteiger partial charge in [0.05, 0.1) is 5.92 Å². The monoisotopic (exact) mass is 197 g/mol. The fourth-order valence-electron chi connectivity index (χ4n) is 2.00. The van der Waals surface area contributed by atoms with Gasteiger partial charge in [-0.15, -0.1) is 0 Å². The maximum absolute atomic E-state index is 11.7. The van der Waals surface area contributed by atoms with Crippen molar-refractivity contribution < 1.29 is 4.79 Å². The average Bonchev–Trinajstić information content (AvgIpc) is 2.05. The molecular formula is C10H19N3O. The van der Waals surface area contributed by atoms with Crippen LogP contribution >= 0.6 is 0 Å². The lowest BCUT2D eigenvalue weighted by Crippen LogP contribution is -2.55. The zero-order valence-corrected chi connectivity index (χ0v) is 8.68. The van der Waals surface area contributed by atoms with Crippen molar-refractivity contribution in [3.8, 4) is 0 Å². The summed E-state index contributed by atoms with van der Waals surface area (Å²) < 4.78 is 0. The summed E-state index contributed by atoms with van der Waals surface area (Å²) in [5, 5.41) is 9.60. The Balaban J connectivity index is 1.79. The van der Waals surface area contributed by atoms with E-state index >= 15 is 0 Å². The van der Waals surface area contributed by atoms with Gasteiger partial charge < -0.3 is 16.0 Å². The summed E-state index contributed by atoms with van der Waals surface area (Å²) in [6.07, 6.45) is 1.06. The molecule has 3 N–H and O–H groups in total. The molecule has 1 amide bonds. The smallest absolute Gasteiger partial charge is 0.225 e. The molecule has 4 heteroatoms. The molecule has 0 radical (unpaired) electrons. The first-order valence-corrected chi connectivity index (χ1v) is 5.49. The molecule has 0 aromatic carbocycles. The van der Waals surface area contributed by atoms with Crippen LogP contribution in [0.4, 0.5) is 0 Å². The highest BCUT2D eigenvalue weighted by molar-refractivity contribution is 5.80. The summed E-state index contributed by atoms with van der Waals surface area (Å²) in [7, 11) is 0. The van der Waals surface area contributed by atoms with Gasteiger partial charge in [0.1, 0.15) is 0 Å². The van der Waals surface area contributed by atoms with Gasteiger partial charge in [0, 0.05) is 19.1 Å². The molecule has 0 saturated carbocycles. The van der Waals surface area contributed by atoms with E-state index in [2.05, 4.69) is 22.9 Å². The highest BCUT2D eigenvalue weighted by atomic mass is 16.2. The molecular weight excluding hydrogens is 178 g/mol. The maximum Gasteiger partial charge on any atom is 0.225 e. The minimum atomic E-state index is 0.220. The van der Waals surface area contributed by atoms with Crippen molar-refractivity contribution in [2.45, 2.75) is 19.4 Å². The first kappa shape index (κ1) is 9.93. The molecule has 2 saturated heterocycles. The lowest BCUT2D eigenvalue weighted by molar-refractivity contribution is -0.127. The Morgan fingerprint density at radius 3 is 2.64 bits per heavy atom. The van der Waals surface area contributed by atoms with E-state index in [0.717, 1.165) is 32.6 Å². The Labute approximate surface area is 84.8 Å². The summed E-state index contributed by atoms with van der Waals surface area (Å²) in [5.74, 6) is 1.01. The van der Waals surface area contributed by atoms with Gasteiger partial charge in [-0.2, -0.15) is 0 Å². The molecule has 2 aliphatic rings. The van der Waals surface area contributed by atoms with E-state index in [9.17, 15) is 4.79 Å². The second-order valence-electron chi connectivity index (χ2n) is 4.44. The number of rotatable bonds is 2. The summed E-state index contributed by atoms with van der Waals surface area (Å²) in [6, 6.07) is 0.379. The van der Waals surface area contributed by atoms with Crippen molar-refractivity contribution in [2.24, 2.45) is 11.8 Å². The molecule has 0 spiro atoms. The van der Waals surface area contributed by atoms with Crippen LogP contribution in [0.1, 0.15) is 13.3 Å². The molecule has 0 aliphatic carbocycles. The maximum atomic E-state index is 11.7. The van der Waals surface area contributed by atoms with Crippen molar-refractivity contribution in [2.75, 3.05) is 26.2 Å². The topological polar surface area (TPSA) is 53.2 Å². The molecule has 2 rings (SSSR count). The summed E-state index contributed by atoms with van der Waals surface area (Å²) in [4.78, 5) is 11.7. The molecule has 0 bridgehead atoms. The fourth-order valence-corrected chi connectivity index (χ4v) is 2.00. The first-order valence-electron chi connectivity index (χ1n) is 5.49. The van der Waals surface area contributed by atoms with Crippen LogP contribution in [0.3, 0.4) is 0 Å². The van der Waals surface area contributed by atoms with Crippen LogP contribution < -0.4 is 16.0 Å². The number of piperidine rings is 1. The lowest BCUT2D eigenvalue weighted by Gasteiger charge is -2.33. The van der Waals surface area contributed by atoms with E-state index in [4.69, 9.17) is 0 Å². The first-order chi connectivity index (χ1) is 6.77. The SMILES string of the molecule is CC1CNCCC1NC(=O)C1CNC1. The van der Waals surface area contributed by atoms with Gasteiger partial charge in [-0.1, -0.05) is 6.92 Å². The summed E-state index contributed by atoms with van der Waals surface area (Å²) in [5.41, 5.74) is 0. The van der Waals surface area contributed by atoms with Gasteiger partial charge in [0.15, 0.2) is 0 Å². The summed E-state index contributed by atoms with van der Waals surface area (Å²) in [6.45, 7) is 5.94. The van der Waals surface area contributed by atoms with E-state index < -0.39 is 0 Å². The third-order valence-electron chi connectivity index (χ3n) is 3.27. The number of carbonyl (C=O) groups excluding carboxylic acids is 1. The van der Waals surface area contributed by atoms with E-state index in [1.54, 1.807) is 0 Å². The molecule has 14 heavy (non-hydrogen) atoms. The quantitative estimate of drug-likeness (QED) is 0.550. The standard InChI is InChI=1S/C10H19N3O/c1-7-4-11-3-2-9(7)13-10(14)8-5-12-6-8/h7-9,11-12H,2-6H2,1H3,(H,13,14). The van der Waals surface area contributed by atoms with Crippen LogP contribution in [0, 0.1) is 11.8 Å². The normalized spacial score (nSPS) is 33.5. The van der Waals surface area contributed by atoms with Crippen LogP contribution in [0.15, 0.2) is 0 Å². The van der Waals surface area contributed by atoms with Gasteiger partial charge in [-0.3, -0.25) is 4.79 Å². The van der Waals surface area contributed by atoms with Crippen molar-refractivity contribution in [1.82, 2.24) is 16.0 Å². The Morgan fingerprint density at radius 1 is 1.29 bits per heavy atom. The van der Waals surface area contributed by atoms with E-state index in [1.165, 1.54) is 0 Å². The van der Waals surface area contributed by atoms with Crippen molar-refractivity contribution in [1.29, 1.82) is 0 Å². The molecule has 2 unspecified atom stereocenters. The molecule has 2 aliphatic heterocycles. The molecule has 2 heterocycles. The van der Waals surface area contributed by atoms with Crippen molar-refractivity contribution >= 4 is 5.91 Å². The van der Waals surface area contributed by atoms with E-state index in [0.29, 0.717) is 12.0 Å². The predicted octanol–water partition coefficient (Wildman–Crippen LogP) is -0.680. The van der Waals surface area contributed by atoms with Crippen molar-refractivity contribution in [3.05, 3.63) is 0 Å². The molecule has 80 valence electrons. The second-order valence-corrected chi connectivity index (χ2v) is 4.44. The summed E-state index contributed by atoms with van der Waals surface area (Å²) >= 11 is 0. The highest BCUT2D eigenvalue weighted by Crippen LogP contribution is 2.12. The largest absolute Gasteiger partial charge is 0.353 e. The van der Waals surface area contributed by atoms with Gasteiger partial charge in [-0.25, -0.2) is 0 Å². The van der Waals surface area contributed by atoms with Crippen LogP contribution in [0.5, 0.6) is 0 Å². The van der Waals surface area contributed by atoms with Crippen LogP contribution in [0.25, 0.3) is 0 Å². The number of hydrogen-bond donors (Lipinski definition) is 3. The van der Waals surface area contributed by atoms with Gasteiger partial charge in [0.25, 0.3) is 0 Å². The third-order valence-corrected chi connectivity index (χ3v) is 3.27. The van der Waals surface area contributed by atoms with E-state index in [-0.39, 0.29) is 11.8 Å². The number of hydrogen-bond acceptors (Lipinski definition) is 3. The van der Waals surface area contributed by atoms with Gasteiger partial charge in [-0.05, 0) is 25.4 Å².